The SMILES string of the molecule is CCCCCCCCOc1cc2c(cc1OCCCCCCCC)C#Cc1cc(OCCCCCCCC)c(OCCCCCCCC)cc1C#Cc1cc(OCCCCCCCC)c(OCCCCCCCC)cc1C#C2. The van der Waals surface area contributed by atoms with E-state index in [1.807, 2.05) is 0 Å². The van der Waals surface area contributed by atoms with E-state index in [-0.39, 0.29) is 0 Å². The molecular weight excluding hydrogens is 961 g/mol. The molecule has 0 atom stereocenters. The standard InChI is InChI=1S/C72H108O6/c1-7-13-19-25-31-37-49-73-67-55-61-43-44-63-57-69(75-51-39-33-27-21-15-9-3)71(77-53-41-35-29-23-17-11-5)59-65(63)47-48-66-60-72(78-54-42-36-30-24-18-12-6)70(76-52-40-34-28-22-16-10-4)58-64(66)46-45-62(61)56-68(67)74-50-38-32-26-20-14-8-2/h55-60H,7-42,49-54H2,1-6H3. The zero-order valence-electron chi connectivity index (χ0n) is 50.6. The molecule has 0 aromatic heterocycles. The van der Waals surface area contributed by atoms with Gasteiger partial charge in [-0.1, -0.05) is 270 Å². The van der Waals surface area contributed by atoms with Crippen molar-refractivity contribution in [3.05, 3.63) is 69.8 Å². The Morgan fingerprint density at radius 3 is 0.462 bits per heavy atom. The average Bonchev–Trinajstić information content (AvgIpc) is 3.46. The Labute approximate surface area is 478 Å². The second-order valence-corrected chi connectivity index (χ2v) is 22.0. The molecule has 0 N–H and O–H groups in total. The minimum atomic E-state index is 0.620. The Hall–Kier alpha value is -4.86. The summed E-state index contributed by atoms with van der Waals surface area (Å²) >= 11 is 0. The fourth-order valence-electron chi connectivity index (χ4n) is 9.77. The largest absolute Gasteiger partial charge is 0.490 e. The van der Waals surface area contributed by atoms with E-state index in [1.54, 1.807) is 0 Å². The zero-order valence-corrected chi connectivity index (χ0v) is 50.6. The van der Waals surface area contributed by atoms with Gasteiger partial charge in [0.05, 0.1) is 39.6 Å². The highest BCUT2D eigenvalue weighted by atomic mass is 16.5. The van der Waals surface area contributed by atoms with Crippen molar-refractivity contribution in [3.8, 4) is 70.0 Å². The molecule has 6 nitrogen and oxygen atoms in total. The number of hydrogen-bond donors (Lipinski definition) is 0. The maximum absolute atomic E-state index is 6.65. The van der Waals surface area contributed by atoms with E-state index in [2.05, 4.69) is 113 Å². The van der Waals surface area contributed by atoms with Crippen LogP contribution < -0.4 is 28.4 Å². The van der Waals surface area contributed by atoms with E-state index >= 15 is 0 Å². The number of unbranched alkanes of at least 4 members (excludes halogenated alkanes) is 30. The van der Waals surface area contributed by atoms with Crippen molar-refractivity contribution in [2.45, 2.75) is 273 Å². The van der Waals surface area contributed by atoms with Crippen molar-refractivity contribution in [2.75, 3.05) is 39.6 Å². The summed E-state index contributed by atoms with van der Waals surface area (Å²) in [7, 11) is 0. The van der Waals surface area contributed by atoms with Gasteiger partial charge in [0.25, 0.3) is 0 Å². The molecule has 1 aliphatic carbocycles. The van der Waals surface area contributed by atoms with Crippen molar-refractivity contribution < 1.29 is 28.4 Å². The van der Waals surface area contributed by atoms with Gasteiger partial charge in [0.2, 0.25) is 0 Å². The van der Waals surface area contributed by atoms with E-state index in [9.17, 15) is 0 Å². The number of hydrogen-bond acceptors (Lipinski definition) is 6. The summed E-state index contributed by atoms with van der Waals surface area (Å²) in [6.07, 6.45) is 42.9. The van der Waals surface area contributed by atoms with Crippen LogP contribution in [0, 0.1) is 35.5 Å². The smallest absolute Gasteiger partial charge is 0.162 e. The first-order valence-corrected chi connectivity index (χ1v) is 32.4. The molecule has 0 unspecified atom stereocenters. The van der Waals surface area contributed by atoms with Crippen LogP contribution in [0.5, 0.6) is 34.5 Å². The van der Waals surface area contributed by atoms with Gasteiger partial charge in [0.15, 0.2) is 34.5 Å². The molecule has 4 rings (SSSR count). The fraction of sp³-hybridized carbons (Fsp3) is 0.667. The second kappa shape index (κ2) is 44.0. The lowest BCUT2D eigenvalue weighted by atomic mass is 10.0. The van der Waals surface area contributed by atoms with Crippen LogP contribution in [0.15, 0.2) is 36.4 Å². The molecule has 432 valence electrons. The highest BCUT2D eigenvalue weighted by molar-refractivity contribution is 5.67. The molecule has 0 bridgehead atoms. The molecule has 3 aromatic carbocycles. The highest BCUT2D eigenvalue weighted by Crippen LogP contribution is 2.36. The monoisotopic (exact) mass is 1070 g/mol. The molecule has 0 amide bonds. The van der Waals surface area contributed by atoms with Crippen LogP contribution in [-0.4, -0.2) is 39.6 Å². The predicted molar refractivity (Wildman–Crippen MR) is 330 cm³/mol. The van der Waals surface area contributed by atoms with Crippen molar-refractivity contribution in [3.63, 3.8) is 0 Å². The molecule has 0 fully saturated rings. The third-order valence-electron chi connectivity index (χ3n) is 14.8. The van der Waals surface area contributed by atoms with Crippen LogP contribution in [0.4, 0.5) is 0 Å². The minimum Gasteiger partial charge on any atom is -0.490 e. The Morgan fingerprint density at radius 2 is 0.321 bits per heavy atom. The predicted octanol–water partition coefficient (Wildman–Crippen LogP) is 20.6. The first kappa shape index (κ1) is 65.7. The van der Waals surface area contributed by atoms with E-state index < -0.39 is 0 Å². The van der Waals surface area contributed by atoms with Gasteiger partial charge in [0.1, 0.15) is 0 Å². The topological polar surface area (TPSA) is 55.4 Å². The van der Waals surface area contributed by atoms with Gasteiger partial charge in [-0.25, -0.2) is 0 Å². The van der Waals surface area contributed by atoms with Crippen LogP contribution in [0.25, 0.3) is 0 Å². The van der Waals surface area contributed by atoms with E-state index in [4.69, 9.17) is 28.4 Å². The molecule has 0 saturated heterocycles. The molecular formula is C72H108O6. The summed E-state index contributed by atoms with van der Waals surface area (Å²) in [5, 5.41) is 0. The third kappa shape index (κ3) is 27.8. The van der Waals surface area contributed by atoms with Crippen LogP contribution in [0.1, 0.15) is 306 Å². The minimum absolute atomic E-state index is 0.620. The molecule has 0 spiro atoms. The normalized spacial score (nSPS) is 11.3. The van der Waals surface area contributed by atoms with E-state index in [0.717, 1.165) is 145 Å². The lowest BCUT2D eigenvalue weighted by Gasteiger charge is -2.16. The zero-order chi connectivity index (χ0) is 55.4. The highest BCUT2D eigenvalue weighted by Gasteiger charge is 2.17. The summed E-state index contributed by atoms with van der Waals surface area (Å²) in [6.45, 7) is 17.3. The summed E-state index contributed by atoms with van der Waals surface area (Å²) < 4.78 is 39.9. The Bertz CT molecular complexity index is 1840. The molecule has 3 aromatic rings. The summed E-state index contributed by atoms with van der Waals surface area (Å²) in [4.78, 5) is 0. The van der Waals surface area contributed by atoms with Crippen LogP contribution in [-0.2, 0) is 0 Å². The first-order chi connectivity index (χ1) is 38.5. The number of fused-ring (bicyclic) bond motifs is 3. The molecule has 0 heterocycles. The van der Waals surface area contributed by atoms with Crippen molar-refractivity contribution in [1.29, 1.82) is 0 Å². The van der Waals surface area contributed by atoms with Gasteiger partial charge >= 0.3 is 0 Å². The van der Waals surface area contributed by atoms with Crippen molar-refractivity contribution in [1.82, 2.24) is 0 Å². The lowest BCUT2D eigenvalue weighted by Crippen LogP contribution is -2.05. The number of rotatable bonds is 48. The molecule has 0 saturated carbocycles. The molecule has 1 aliphatic rings. The number of benzene rings is 3. The van der Waals surface area contributed by atoms with Gasteiger partial charge in [0, 0.05) is 69.8 Å². The Balaban J connectivity index is 1.87. The van der Waals surface area contributed by atoms with Gasteiger partial charge in [-0.3, -0.25) is 0 Å². The Morgan fingerprint density at radius 1 is 0.192 bits per heavy atom. The Kier molecular flexibility index (Phi) is 37.0. The van der Waals surface area contributed by atoms with Gasteiger partial charge in [-0.15, -0.1) is 0 Å². The summed E-state index contributed by atoms with van der Waals surface area (Å²) in [6, 6.07) is 12.4. The van der Waals surface area contributed by atoms with Crippen LogP contribution in [0.2, 0.25) is 0 Å². The number of ether oxygens (including phenoxy) is 6. The molecule has 78 heavy (non-hydrogen) atoms. The second-order valence-electron chi connectivity index (χ2n) is 22.0. The quantitative estimate of drug-likeness (QED) is 0.0325. The van der Waals surface area contributed by atoms with Crippen molar-refractivity contribution >= 4 is 0 Å². The lowest BCUT2D eigenvalue weighted by molar-refractivity contribution is 0.258. The van der Waals surface area contributed by atoms with Gasteiger partial charge in [-0.05, 0) is 38.5 Å². The van der Waals surface area contributed by atoms with E-state index in [0.29, 0.717) is 39.6 Å². The third-order valence-corrected chi connectivity index (χ3v) is 14.8. The maximum atomic E-state index is 6.65. The maximum Gasteiger partial charge on any atom is 0.162 e. The van der Waals surface area contributed by atoms with Crippen LogP contribution >= 0.6 is 0 Å². The molecule has 6 heteroatoms. The first-order valence-electron chi connectivity index (χ1n) is 32.4. The van der Waals surface area contributed by atoms with Crippen LogP contribution in [0.3, 0.4) is 0 Å². The molecule has 0 aliphatic heterocycles. The summed E-state index contributed by atoms with van der Waals surface area (Å²) in [5.74, 6) is 25.8. The van der Waals surface area contributed by atoms with E-state index in [1.165, 1.54) is 154 Å². The van der Waals surface area contributed by atoms with Crippen molar-refractivity contribution in [2.24, 2.45) is 0 Å². The van der Waals surface area contributed by atoms with Gasteiger partial charge in [-0.2, -0.15) is 0 Å². The van der Waals surface area contributed by atoms with Gasteiger partial charge < -0.3 is 28.4 Å². The molecule has 0 radical (unpaired) electrons. The summed E-state index contributed by atoms with van der Waals surface area (Å²) in [5.41, 5.74) is 4.69. The fourth-order valence-corrected chi connectivity index (χ4v) is 9.77. The average molecular weight is 1070 g/mol.